The van der Waals surface area contributed by atoms with Gasteiger partial charge in [-0.25, -0.2) is 4.68 Å². The van der Waals surface area contributed by atoms with Gasteiger partial charge in [0.05, 0.1) is 28.2 Å². The molecule has 1 heterocycles. The Hall–Kier alpha value is -2.27. The molecule has 2 aromatic rings. The van der Waals surface area contributed by atoms with E-state index in [9.17, 15) is 29.5 Å². The summed E-state index contributed by atoms with van der Waals surface area (Å²) in [5, 5.41) is 15.1. The molecule has 0 bridgehead atoms. The number of anilines is 1. The van der Waals surface area contributed by atoms with Crippen molar-refractivity contribution >= 4 is 45.2 Å². The average molecular weight is 548 g/mol. The number of ether oxygens (including phenoxy) is 1. The van der Waals surface area contributed by atoms with Gasteiger partial charge in [-0.1, -0.05) is 42.6 Å². The molecule has 34 heavy (non-hydrogen) atoms. The predicted octanol–water partition coefficient (Wildman–Crippen LogP) is 6.06. The summed E-state index contributed by atoms with van der Waals surface area (Å²) in [7, 11) is -10.1. The van der Waals surface area contributed by atoms with Crippen LogP contribution in [0.2, 0.25) is 10.0 Å². The number of carbonyl (C=O) groups is 1. The molecule has 1 aromatic heterocycles. The third kappa shape index (κ3) is 5.05. The van der Waals surface area contributed by atoms with Crippen LogP contribution < -0.4 is 11.1 Å². The van der Waals surface area contributed by atoms with Crippen molar-refractivity contribution in [1.29, 1.82) is 5.26 Å². The number of hydrogen-bond acceptors (Lipinski definition) is 5. The first kappa shape index (κ1) is 26.3. The Morgan fingerprint density at radius 2 is 1.85 bits per heavy atom. The average Bonchev–Trinajstić information content (AvgIpc) is 3.40. The lowest BCUT2D eigenvalue weighted by atomic mass is 9.94. The minimum Gasteiger partial charge on any atom is -0.377 e. The lowest BCUT2D eigenvalue weighted by Crippen LogP contribution is -2.30. The van der Waals surface area contributed by atoms with Gasteiger partial charge in [-0.15, -0.1) is 0 Å². The van der Waals surface area contributed by atoms with Crippen LogP contribution in [-0.2, 0) is 14.9 Å². The molecule has 0 atom stereocenters. The van der Waals surface area contributed by atoms with Crippen molar-refractivity contribution < 1.29 is 29.0 Å². The van der Waals surface area contributed by atoms with E-state index >= 15 is 0 Å². The van der Waals surface area contributed by atoms with Crippen molar-refractivity contribution in [2.45, 2.75) is 43.1 Å². The van der Waals surface area contributed by atoms with Gasteiger partial charge in [0.1, 0.15) is 22.5 Å². The van der Waals surface area contributed by atoms with Crippen molar-refractivity contribution in [3.05, 3.63) is 33.4 Å². The second-order valence-electron chi connectivity index (χ2n) is 8.09. The number of aromatic nitrogens is 2. The van der Waals surface area contributed by atoms with Gasteiger partial charge in [0.2, 0.25) is 5.91 Å². The Balaban J connectivity index is 2.22. The molecular weight excluding hydrogens is 528 g/mol. The molecule has 1 amide bonds. The van der Waals surface area contributed by atoms with Gasteiger partial charge in [0, 0.05) is 12.1 Å². The van der Waals surface area contributed by atoms with E-state index in [0.717, 1.165) is 4.68 Å². The van der Waals surface area contributed by atoms with Crippen LogP contribution in [0.1, 0.15) is 37.9 Å². The fourth-order valence-corrected chi connectivity index (χ4v) is 4.91. The van der Waals surface area contributed by atoms with Crippen LogP contribution >= 0.6 is 33.4 Å². The van der Waals surface area contributed by atoms with Crippen LogP contribution in [0.5, 0.6) is 0 Å². The zero-order valence-corrected chi connectivity index (χ0v) is 20.2. The van der Waals surface area contributed by atoms with Crippen molar-refractivity contribution in [3.63, 3.8) is 0 Å². The molecule has 3 N–H and O–H groups in total. The van der Waals surface area contributed by atoms with Gasteiger partial charge >= 0.3 is 10.2 Å². The second kappa shape index (κ2) is 7.87. The van der Waals surface area contributed by atoms with E-state index < -0.39 is 36.5 Å². The monoisotopic (exact) mass is 547 g/mol. The highest BCUT2D eigenvalue weighted by molar-refractivity contribution is 8.45. The lowest BCUT2D eigenvalue weighted by molar-refractivity contribution is -0.120. The van der Waals surface area contributed by atoms with Crippen molar-refractivity contribution in [1.82, 2.24) is 9.78 Å². The summed E-state index contributed by atoms with van der Waals surface area (Å²) >= 11 is 12.0. The number of halogens is 7. The van der Waals surface area contributed by atoms with Crippen LogP contribution in [0, 0.1) is 11.3 Å². The number of rotatable bonds is 9. The lowest BCUT2D eigenvalue weighted by Gasteiger charge is -2.40. The number of nitriles is 1. The number of amides is 1. The van der Waals surface area contributed by atoms with Gasteiger partial charge < -0.3 is 15.8 Å². The molecule has 3 rings (SSSR count). The third-order valence-corrected chi connectivity index (χ3v) is 6.89. The Kier molecular flexibility index (Phi) is 6.10. The molecule has 1 aliphatic rings. The smallest absolute Gasteiger partial charge is 0.310 e. The number of nitrogens with zero attached hydrogens (tertiary/aromatic N) is 3. The van der Waals surface area contributed by atoms with Gasteiger partial charge in [0.15, 0.2) is 5.69 Å². The fraction of sp³-hybridized carbons (Fsp3) is 0.421. The molecule has 1 aliphatic carbocycles. The van der Waals surface area contributed by atoms with Crippen LogP contribution in [0.3, 0.4) is 0 Å². The largest absolute Gasteiger partial charge is 0.377 e. The summed E-state index contributed by atoms with van der Waals surface area (Å²) in [6.07, 6.45) is 0.513. The Morgan fingerprint density at radius 1 is 1.29 bits per heavy atom. The maximum absolute atomic E-state index is 13.3. The van der Waals surface area contributed by atoms with E-state index in [-0.39, 0.29) is 54.2 Å². The molecule has 15 heteroatoms. The first-order valence-corrected chi connectivity index (χ1v) is 12.5. The summed E-state index contributed by atoms with van der Waals surface area (Å²) in [5.74, 6) is -0.706. The molecule has 0 spiro atoms. The minimum absolute atomic E-state index is 0.0177. The Bertz CT molecular complexity index is 1180. The minimum atomic E-state index is -10.1. The molecule has 1 aromatic carbocycles. The van der Waals surface area contributed by atoms with E-state index in [0.29, 0.717) is 12.8 Å². The standard InChI is InChI=1S/C19H20Cl2F5N5O2S/c1-10(2)33-6-5-29-17-15(19(3-4-19)18(28)32)14(9-27)30-31(17)16-12(20)7-11(8-13(16)21)34(22,23,24,25)26/h7-8,10,29H,3-6H2,1-2H3,(H2,28,32). The quantitative estimate of drug-likeness (QED) is 0.293. The third-order valence-electron chi connectivity index (χ3n) is 5.18. The van der Waals surface area contributed by atoms with Crippen LogP contribution in [-0.4, -0.2) is 34.9 Å². The molecular formula is C19H20Cl2F5N5O2S. The Morgan fingerprint density at radius 3 is 2.26 bits per heavy atom. The predicted molar refractivity (Wildman–Crippen MR) is 119 cm³/mol. The van der Waals surface area contributed by atoms with E-state index in [1.807, 2.05) is 6.07 Å². The Labute approximate surface area is 201 Å². The molecule has 0 radical (unpaired) electrons. The number of primary amides is 1. The molecule has 0 saturated heterocycles. The fourth-order valence-electron chi connectivity index (χ4n) is 3.45. The van der Waals surface area contributed by atoms with Crippen LogP contribution in [0.4, 0.5) is 25.2 Å². The van der Waals surface area contributed by atoms with E-state index in [1.165, 1.54) is 0 Å². The van der Waals surface area contributed by atoms with Crippen molar-refractivity contribution in [2.24, 2.45) is 5.73 Å². The summed E-state index contributed by atoms with van der Waals surface area (Å²) in [6.45, 7) is 3.92. The highest BCUT2D eigenvalue weighted by Crippen LogP contribution is 3.02. The number of nitrogens with one attached hydrogen (secondary N) is 1. The first-order valence-electron chi connectivity index (χ1n) is 9.84. The van der Waals surface area contributed by atoms with Gasteiger partial charge in [-0.05, 0) is 38.8 Å². The first-order chi connectivity index (χ1) is 15.4. The highest BCUT2D eigenvalue weighted by Gasteiger charge is 2.65. The molecule has 0 unspecified atom stereocenters. The van der Waals surface area contributed by atoms with Crippen molar-refractivity contribution in [3.8, 4) is 11.8 Å². The van der Waals surface area contributed by atoms with Crippen molar-refractivity contribution in [2.75, 3.05) is 18.5 Å². The molecule has 1 saturated carbocycles. The number of carbonyl (C=O) groups excluding carboxylic acids is 1. The van der Waals surface area contributed by atoms with Gasteiger partial charge in [-0.3, -0.25) is 4.79 Å². The number of benzene rings is 1. The SMILES string of the molecule is CC(C)OCCNc1c(C2(C(N)=O)CC2)c(C#N)nn1-c1c(Cl)cc(S(F)(F)(F)(F)F)cc1Cl. The second-order valence-corrected chi connectivity index (χ2v) is 11.3. The number of hydrogen-bond donors (Lipinski definition) is 2. The summed E-state index contributed by atoms with van der Waals surface area (Å²) in [4.78, 5) is 9.92. The van der Waals surface area contributed by atoms with Crippen LogP contribution in [0.15, 0.2) is 17.0 Å². The molecule has 188 valence electrons. The maximum Gasteiger partial charge on any atom is 0.310 e. The summed E-state index contributed by atoms with van der Waals surface area (Å²) < 4.78 is 72.9. The summed E-state index contributed by atoms with van der Waals surface area (Å²) in [5.41, 5.74) is 3.83. The normalized spacial score (nSPS) is 17.1. The van der Waals surface area contributed by atoms with Crippen LogP contribution in [0.25, 0.3) is 5.69 Å². The van der Waals surface area contributed by atoms with E-state index in [4.69, 9.17) is 33.7 Å². The molecule has 7 nitrogen and oxygen atoms in total. The van der Waals surface area contributed by atoms with E-state index in [2.05, 4.69) is 10.4 Å². The zero-order chi connectivity index (χ0) is 25.8. The topological polar surface area (TPSA) is 106 Å². The van der Waals surface area contributed by atoms with Gasteiger partial charge in [0.25, 0.3) is 0 Å². The van der Waals surface area contributed by atoms with Gasteiger partial charge in [-0.2, -0.15) is 10.4 Å². The molecule has 1 fully saturated rings. The molecule has 0 aliphatic heterocycles. The highest BCUT2D eigenvalue weighted by atomic mass is 35.5. The van der Waals surface area contributed by atoms with E-state index in [1.54, 1.807) is 13.8 Å². The summed E-state index contributed by atoms with van der Waals surface area (Å²) in [6, 6.07) is 1.92. The zero-order valence-electron chi connectivity index (χ0n) is 17.8. The number of nitrogens with two attached hydrogens (primary N) is 1. The maximum atomic E-state index is 13.3.